The minimum Gasteiger partial charge on any atom is -0.348 e. The van der Waals surface area contributed by atoms with Crippen LogP contribution in [0.5, 0.6) is 0 Å². The maximum absolute atomic E-state index is 14.4. The molecule has 1 amide bonds. The molecule has 4 aromatic heterocycles. The molecule has 1 N–H and O–H groups in total. The van der Waals surface area contributed by atoms with Crippen LogP contribution in [0, 0.1) is 5.82 Å². The van der Waals surface area contributed by atoms with Crippen LogP contribution in [0.3, 0.4) is 0 Å². The molecule has 0 saturated heterocycles. The maximum Gasteiger partial charge on any atom is 0.337 e. The Morgan fingerprint density at radius 2 is 1.68 bits per heavy atom. The Labute approximate surface area is 251 Å². The van der Waals surface area contributed by atoms with E-state index < -0.39 is 23.1 Å². The van der Waals surface area contributed by atoms with E-state index in [0.29, 0.717) is 49.1 Å². The molecule has 0 atom stereocenters. The first-order chi connectivity index (χ1) is 21.4. The summed E-state index contributed by atoms with van der Waals surface area (Å²) in [5.41, 5.74) is 2.70. The quantitative estimate of drug-likeness (QED) is 0.300. The van der Waals surface area contributed by atoms with Crippen LogP contribution in [-0.4, -0.2) is 35.5 Å². The van der Waals surface area contributed by atoms with Crippen LogP contribution in [-0.2, 0) is 6.42 Å². The van der Waals surface area contributed by atoms with Crippen molar-refractivity contribution in [3.8, 4) is 5.69 Å². The highest BCUT2D eigenvalue weighted by Gasteiger charge is 2.28. The lowest BCUT2D eigenvalue weighted by Crippen LogP contribution is -2.45. The summed E-state index contributed by atoms with van der Waals surface area (Å²) in [4.78, 5) is 49.3. The third-order valence-corrected chi connectivity index (χ3v) is 8.31. The van der Waals surface area contributed by atoms with Crippen LogP contribution in [0.4, 0.5) is 4.39 Å². The number of nitrogens with zero attached hydrogens (tertiary/aromatic N) is 5. The first-order valence-electron chi connectivity index (χ1n) is 14.7. The van der Waals surface area contributed by atoms with E-state index in [9.17, 15) is 18.8 Å². The molecule has 1 aliphatic carbocycles. The van der Waals surface area contributed by atoms with Gasteiger partial charge in [0.05, 0.1) is 17.3 Å². The number of hydrogen-bond acceptors (Lipinski definition) is 5. The van der Waals surface area contributed by atoms with E-state index in [1.165, 1.54) is 9.13 Å². The van der Waals surface area contributed by atoms with Gasteiger partial charge in [-0.15, -0.1) is 0 Å². The predicted octanol–water partition coefficient (Wildman–Crippen LogP) is 4.84. The van der Waals surface area contributed by atoms with Gasteiger partial charge in [0, 0.05) is 24.5 Å². The molecule has 4 heterocycles. The third-order valence-electron chi connectivity index (χ3n) is 8.31. The van der Waals surface area contributed by atoms with Gasteiger partial charge in [-0.3, -0.25) is 14.2 Å². The number of halogens is 1. The molecule has 0 radical (unpaired) electrons. The van der Waals surface area contributed by atoms with Gasteiger partial charge in [0.15, 0.2) is 5.65 Å². The van der Waals surface area contributed by atoms with Gasteiger partial charge < -0.3 is 9.72 Å². The standard InChI is InChI=1S/C34H29FN6O3/c35-24-19-28-31(36-20-24)40(27-10-6-9-23(18-27)17-22-7-2-1-3-8-22)34(44)41(33(28)43)26-14-12-25(13-15-26)37-32(42)29-21-39-16-5-4-11-30(39)38-29/h1-11,16,18-21,25-26H,12-15,17H2,(H,37,42)/t25-,26+. The molecule has 10 heteroatoms. The summed E-state index contributed by atoms with van der Waals surface area (Å²) in [7, 11) is 0. The number of carbonyl (C=O) groups excluding carboxylic acids is 1. The molecule has 220 valence electrons. The molecule has 9 nitrogen and oxygen atoms in total. The Kier molecular flexibility index (Phi) is 7.09. The van der Waals surface area contributed by atoms with Crippen LogP contribution >= 0.6 is 0 Å². The summed E-state index contributed by atoms with van der Waals surface area (Å²) in [5, 5.41) is 3.09. The van der Waals surface area contributed by atoms with Crippen molar-refractivity contribution in [1.82, 2.24) is 28.8 Å². The number of benzene rings is 2. The normalized spacial score (nSPS) is 16.8. The summed E-state index contributed by atoms with van der Waals surface area (Å²) in [6.45, 7) is 0. The van der Waals surface area contributed by atoms with E-state index in [2.05, 4.69) is 15.3 Å². The second-order valence-corrected chi connectivity index (χ2v) is 11.2. The number of amides is 1. The van der Waals surface area contributed by atoms with Crippen molar-refractivity contribution in [2.24, 2.45) is 0 Å². The van der Waals surface area contributed by atoms with Gasteiger partial charge in [-0.05, 0) is 73.6 Å². The number of imidazole rings is 1. The third kappa shape index (κ3) is 5.19. The van der Waals surface area contributed by atoms with Gasteiger partial charge in [0.1, 0.15) is 17.2 Å². The van der Waals surface area contributed by atoms with E-state index in [4.69, 9.17) is 0 Å². The van der Waals surface area contributed by atoms with Crippen LogP contribution in [0.2, 0.25) is 0 Å². The molecular weight excluding hydrogens is 559 g/mol. The average Bonchev–Trinajstić information content (AvgIpc) is 3.48. The number of hydrogen-bond donors (Lipinski definition) is 1. The SMILES string of the molecule is O=C(N[C@H]1CC[C@@H](n2c(=O)c3cc(F)cnc3n(-c3cccc(Cc4ccccc4)c3)c2=O)CC1)c1cn2ccccc2n1. The first-order valence-corrected chi connectivity index (χ1v) is 14.7. The van der Waals surface area contributed by atoms with Crippen molar-refractivity contribution in [3.63, 3.8) is 0 Å². The lowest BCUT2D eigenvalue weighted by molar-refractivity contribution is 0.0917. The van der Waals surface area contributed by atoms with Gasteiger partial charge in [-0.2, -0.15) is 0 Å². The predicted molar refractivity (Wildman–Crippen MR) is 165 cm³/mol. The second-order valence-electron chi connectivity index (χ2n) is 11.2. The molecule has 44 heavy (non-hydrogen) atoms. The van der Waals surface area contributed by atoms with E-state index in [1.807, 2.05) is 72.9 Å². The monoisotopic (exact) mass is 588 g/mol. The zero-order valence-electron chi connectivity index (χ0n) is 23.8. The first kappa shape index (κ1) is 27.5. The van der Waals surface area contributed by atoms with E-state index in [-0.39, 0.29) is 23.0 Å². The molecule has 6 aromatic rings. The van der Waals surface area contributed by atoms with Gasteiger partial charge in [-0.25, -0.2) is 23.7 Å². The van der Waals surface area contributed by atoms with Crippen LogP contribution in [0.25, 0.3) is 22.4 Å². The fraction of sp³-hybridized carbons (Fsp3) is 0.206. The molecule has 1 saturated carbocycles. The number of nitrogens with one attached hydrogen (secondary N) is 1. The molecule has 0 spiro atoms. The van der Waals surface area contributed by atoms with E-state index in [1.54, 1.807) is 16.7 Å². The molecule has 1 fully saturated rings. The van der Waals surface area contributed by atoms with Crippen molar-refractivity contribution in [2.45, 2.75) is 44.2 Å². The lowest BCUT2D eigenvalue weighted by Gasteiger charge is -2.30. The lowest BCUT2D eigenvalue weighted by atomic mass is 9.90. The Bertz CT molecular complexity index is 2090. The van der Waals surface area contributed by atoms with E-state index in [0.717, 1.165) is 23.4 Å². The molecule has 0 bridgehead atoms. The number of rotatable bonds is 6. The van der Waals surface area contributed by atoms with Gasteiger partial charge in [0.25, 0.3) is 11.5 Å². The number of fused-ring (bicyclic) bond motifs is 2. The fourth-order valence-corrected chi connectivity index (χ4v) is 6.16. The zero-order chi connectivity index (χ0) is 30.2. The van der Waals surface area contributed by atoms with Crippen LogP contribution in [0.15, 0.2) is 107 Å². The Hall–Kier alpha value is -5.38. The molecule has 0 aliphatic heterocycles. The minimum absolute atomic E-state index is 0.0420. The highest BCUT2D eigenvalue weighted by atomic mass is 19.1. The summed E-state index contributed by atoms with van der Waals surface area (Å²) >= 11 is 0. The fourth-order valence-electron chi connectivity index (χ4n) is 6.16. The van der Waals surface area contributed by atoms with Gasteiger partial charge >= 0.3 is 5.69 Å². The van der Waals surface area contributed by atoms with Crippen LogP contribution in [0.1, 0.15) is 53.3 Å². The van der Waals surface area contributed by atoms with Gasteiger partial charge in [0.2, 0.25) is 0 Å². The molecule has 7 rings (SSSR count). The topological polar surface area (TPSA) is 103 Å². The number of aromatic nitrogens is 5. The van der Waals surface area contributed by atoms with Crippen molar-refractivity contribution < 1.29 is 9.18 Å². The molecule has 2 aromatic carbocycles. The van der Waals surface area contributed by atoms with Crippen molar-refractivity contribution >= 4 is 22.6 Å². The van der Waals surface area contributed by atoms with Crippen LogP contribution < -0.4 is 16.6 Å². The molecule has 1 aliphatic rings. The van der Waals surface area contributed by atoms with Gasteiger partial charge in [-0.1, -0.05) is 48.5 Å². The highest BCUT2D eigenvalue weighted by molar-refractivity contribution is 5.93. The highest BCUT2D eigenvalue weighted by Crippen LogP contribution is 2.28. The number of pyridine rings is 2. The molecule has 0 unspecified atom stereocenters. The zero-order valence-corrected chi connectivity index (χ0v) is 23.8. The summed E-state index contributed by atoms with van der Waals surface area (Å²) in [6.07, 6.45) is 7.33. The Balaban J connectivity index is 1.18. The minimum atomic E-state index is -0.650. The Morgan fingerprint density at radius 1 is 0.909 bits per heavy atom. The van der Waals surface area contributed by atoms with Crippen molar-refractivity contribution in [3.05, 3.63) is 141 Å². The maximum atomic E-state index is 14.4. The second kappa shape index (κ2) is 11.4. The Morgan fingerprint density at radius 3 is 2.48 bits per heavy atom. The number of carbonyl (C=O) groups is 1. The average molecular weight is 589 g/mol. The van der Waals surface area contributed by atoms with Crippen molar-refractivity contribution in [1.29, 1.82) is 0 Å². The van der Waals surface area contributed by atoms with E-state index >= 15 is 0 Å². The largest absolute Gasteiger partial charge is 0.348 e. The summed E-state index contributed by atoms with van der Waals surface area (Å²) in [6, 6.07) is 23.7. The summed E-state index contributed by atoms with van der Waals surface area (Å²) < 4.78 is 18.8. The van der Waals surface area contributed by atoms with Crippen molar-refractivity contribution in [2.75, 3.05) is 0 Å². The summed E-state index contributed by atoms with van der Waals surface area (Å²) in [5.74, 6) is -0.915. The smallest absolute Gasteiger partial charge is 0.337 e. The molecular formula is C34H29FN6O3.